The summed E-state index contributed by atoms with van der Waals surface area (Å²) in [6.07, 6.45) is -6.92. The zero-order chi connectivity index (χ0) is 17.5. The Morgan fingerprint density at radius 1 is 1.32 bits per heavy atom. The van der Waals surface area contributed by atoms with Gasteiger partial charge in [0, 0.05) is 6.54 Å². The van der Waals surface area contributed by atoms with Crippen molar-refractivity contribution in [3.63, 3.8) is 0 Å². The summed E-state index contributed by atoms with van der Waals surface area (Å²) in [5.74, 6) is -1.86. The van der Waals surface area contributed by atoms with E-state index in [9.17, 15) is 27.9 Å². The Morgan fingerprint density at radius 2 is 1.86 bits per heavy atom. The third-order valence-electron chi connectivity index (χ3n) is 3.08. The number of nitrogens with two attached hydrogens (primary N) is 1. The number of carbonyl (C=O) groups excluding carboxylic acids is 2. The van der Waals surface area contributed by atoms with Crippen LogP contribution in [0.1, 0.15) is 27.2 Å². The Morgan fingerprint density at radius 3 is 2.23 bits per heavy atom. The minimum absolute atomic E-state index is 0.275. The first-order valence-corrected chi connectivity index (χ1v) is 7.06. The normalized spacial score (nSPS) is 14.6. The molecule has 2 amide bonds. The lowest BCUT2D eigenvalue weighted by molar-refractivity contribution is -0.215. The minimum atomic E-state index is -4.83. The summed E-state index contributed by atoms with van der Waals surface area (Å²) in [6, 6.07) is -1.48. The number of aliphatic hydroxyl groups is 1. The largest absolute Gasteiger partial charge is 0.416 e. The first-order valence-electron chi connectivity index (χ1n) is 7.06. The van der Waals surface area contributed by atoms with E-state index in [1.165, 1.54) is 18.7 Å². The average molecular weight is 327 g/mol. The number of halogens is 3. The summed E-state index contributed by atoms with van der Waals surface area (Å²) >= 11 is 0. The second-order valence-electron chi connectivity index (χ2n) is 5.34. The highest BCUT2D eigenvalue weighted by Gasteiger charge is 2.45. The Labute approximate surface area is 127 Å². The number of amides is 2. The number of hydrogen-bond donors (Lipinski definition) is 3. The summed E-state index contributed by atoms with van der Waals surface area (Å²) < 4.78 is 37.8. The molecular formula is C13H24F3N3O3. The lowest BCUT2D eigenvalue weighted by Gasteiger charge is -2.30. The molecule has 0 aromatic carbocycles. The Hall–Kier alpha value is -1.35. The highest BCUT2D eigenvalue weighted by Crippen LogP contribution is 2.25. The smallest absolute Gasteiger partial charge is 0.382 e. The maximum atomic E-state index is 12.6. The Bertz CT molecular complexity index is 375. The number of nitrogens with one attached hydrogen (secondary N) is 1. The van der Waals surface area contributed by atoms with Crippen molar-refractivity contribution in [2.75, 3.05) is 19.6 Å². The topological polar surface area (TPSA) is 95.7 Å². The molecule has 0 saturated heterocycles. The van der Waals surface area contributed by atoms with Crippen LogP contribution in [0.2, 0.25) is 0 Å². The molecule has 0 fully saturated rings. The van der Waals surface area contributed by atoms with Gasteiger partial charge < -0.3 is 21.1 Å². The summed E-state index contributed by atoms with van der Waals surface area (Å²) in [5, 5.41) is 11.5. The number of rotatable bonds is 8. The van der Waals surface area contributed by atoms with Crippen LogP contribution in [0, 0.1) is 5.92 Å². The highest BCUT2D eigenvalue weighted by molar-refractivity contribution is 5.85. The first kappa shape index (κ1) is 20.6. The van der Waals surface area contributed by atoms with Crippen molar-refractivity contribution < 1.29 is 27.9 Å². The average Bonchev–Trinajstić information content (AvgIpc) is 2.41. The molecule has 9 heteroatoms. The first-order chi connectivity index (χ1) is 10.0. The fraction of sp³-hybridized carbons (Fsp3) is 0.846. The van der Waals surface area contributed by atoms with Crippen LogP contribution >= 0.6 is 0 Å². The fourth-order valence-corrected chi connectivity index (χ4v) is 1.91. The number of carbonyl (C=O) groups is 2. The number of alkyl halides is 3. The van der Waals surface area contributed by atoms with E-state index in [0.717, 1.165) is 0 Å². The van der Waals surface area contributed by atoms with Crippen LogP contribution in [0.5, 0.6) is 0 Å². The van der Waals surface area contributed by atoms with Crippen molar-refractivity contribution in [3.05, 3.63) is 0 Å². The van der Waals surface area contributed by atoms with Gasteiger partial charge in [-0.15, -0.1) is 0 Å². The van der Waals surface area contributed by atoms with E-state index in [0.29, 0.717) is 6.42 Å². The molecule has 0 heterocycles. The SMILES string of the molecule is CCCN(CC(=O)NC(C(C)C)C(O)C(F)(F)F)C(=O)CN. The van der Waals surface area contributed by atoms with Crippen LogP contribution in [0.15, 0.2) is 0 Å². The maximum absolute atomic E-state index is 12.6. The molecule has 0 bridgehead atoms. The van der Waals surface area contributed by atoms with Crippen molar-refractivity contribution in [2.45, 2.75) is 45.5 Å². The van der Waals surface area contributed by atoms with Gasteiger partial charge in [0.1, 0.15) is 0 Å². The van der Waals surface area contributed by atoms with Gasteiger partial charge in [-0.05, 0) is 12.3 Å². The van der Waals surface area contributed by atoms with E-state index >= 15 is 0 Å². The van der Waals surface area contributed by atoms with Crippen LogP contribution in [-0.4, -0.2) is 59.8 Å². The van der Waals surface area contributed by atoms with E-state index in [-0.39, 0.29) is 13.1 Å². The second-order valence-corrected chi connectivity index (χ2v) is 5.34. The molecule has 22 heavy (non-hydrogen) atoms. The van der Waals surface area contributed by atoms with Gasteiger partial charge in [-0.3, -0.25) is 9.59 Å². The minimum Gasteiger partial charge on any atom is -0.382 e. The molecule has 0 spiro atoms. The van der Waals surface area contributed by atoms with E-state index < -0.39 is 42.6 Å². The molecular weight excluding hydrogens is 303 g/mol. The van der Waals surface area contributed by atoms with Crippen LogP contribution in [-0.2, 0) is 9.59 Å². The van der Waals surface area contributed by atoms with Gasteiger partial charge >= 0.3 is 6.18 Å². The molecule has 0 aliphatic rings. The maximum Gasteiger partial charge on any atom is 0.416 e. The molecule has 0 aliphatic heterocycles. The highest BCUT2D eigenvalue weighted by atomic mass is 19.4. The fourth-order valence-electron chi connectivity index (χ4n) is 1.91. The zero-order valence-electron chi connectivity index (χ0n) is 13.0. The Kier molecular flexibility index (Phi) is 8.39. The quantitative estimate of drug-likeness (QED) is 0.595. The second kappa shape index (κ2) is 8.94. The van der Waals surface area contributed by atoms with E-state index in [4.69, 9.17) is 5.73 Å². The predicted octanol–water partition coefficient (Wildman–Crippen LogP) is 0.248. The van der Waals surface area contributed by atoms with Crippen molar-refractivity contribution in [3.8, 4) is 0 Å². The van der Waals surface area contributed by atoms with Crippen LogP contribution in [0.4, 0.5) is 13.2 Å². The summed E-state index contributed by atoms with van der Waals surface area (Å²) in [5.41, 5.74) is 5.22. The number of hydrogen-bond acceptors (Lipinski definition) is 4. The third-order valence-corrected chi connectivity index (χ3v) is 3.08. The zero-order valence-corrected chi connectivity index (χ0v) is 13.0. The molecule has 0 aliphatic carbocycles. The molecule has 0 saturated carbocycles. The molecule has 0 aromatic rings. The molecule has 6 nitrogen and oxygen atoms in total. The van der Waals surface area contributed by atoms with Crippen LogP contribution in [0.25, 0.3) is 0 Å². The third kappa shape index (κ3) is 6.61. The van der Waals surface area contributed by atoms with Crippen molar-refractivity contribution in [1.82, 2.24) is 10.2 Å². The summed E-state index contributed by atoms with van der Waals surface area (Å²) in [6.45, 7) is 4.30. The van der Waals surface area contributed by atoms with Gasteiger partial charge in [0.05, 0.1) is 19.1 Å². The van der Waals surface area contributed by atoms with Gasteiger partial charge in [-0.2, -0.15) is 13.2 Å². The van der Waals surface area contributed by atoms with Crippen molar-refractivity contribution >= 4 is 11.8 Å². The lowest BCUT2D eigenvalue weighted by Crippen LogP contribution is -2.55. The molecule has 0 rings (SSSR count). The molecule has 2 unspecified atom stereocenters. The molecule has 130 valence electrons. The van der Waals surface area contributed by atoms with Gasteiger partial charge in [-0.1, -0.05) is 20.8 Å². The van der Waals surface area contributed by atoms with E-state index in [1.54, 1.807) is 6.92 Å². The van der Waals surface area contributed by atoms with Gasteiger partial charge in [-0.25, -0.2) is 0 Å². The van der Waals surface area contributed by atoms with Crippen molar-refractivity contribution in [2.24, 2.45) is 11.7 Å². The molecule has 2 atom stereocenters. The standard InChI is InChI=1S/C13H24F3N3O3/c1-4-5-19(10(21)6-17)7-9(20)18-11(8(2)3)12(22)13(14,15)16/h8,11-12,22H,4-7,17H2,1-3H3,(H,18,20). The van der Waals surface area contributed by atoms with Crippen LogP contribution < -0.4 is 11.1 Å². The molecule has 0 aromatic heterocycles. The van der Waals surface area contributed by atoms with Crippen LogP contribution in [0.3, 0.4) is 0 Å². The number of nitrogens with zero attached hydrogens (tertiary/aromatic N) is 1. The van der Waals surface area contributed by atoms with Gasteiger partial charge in [0.25, 0.3) is 0 Å². The van der Waals surface area contributed by atoms with Gasteiger partial charge in [0.15, 0.2) is 6.10 Å². The molecule has 4 N–H and O–H groups in total. The van der Waals surface area contributed by atoms with Gasteiger partial charge in [0.2, 0.25) is 11.8 Å². The summed E-state index contributed by atoms with van der Waals surface area (Å²) in [7, 11) is 0. The molecule has 0 radical (unpaired) electrons. The Balaban J connectivity index is 4.86. The monoisotopic (exact) mass is 327 g/mol. The predicted molar refractivity (Wildman–Crippen MR) is 74.8 cm³/mol. The van der Waals surface area contributed by atoms with E-state index in [2.05, 4.69) is 5.32 Å². The number of aliphatic hydroxyl groups excluding tert-OH is 1. The lowest BCUT2D eigenvalue weighted by atomic mass is 9.98. The summed E-state index contributed by atoms with van der Waals surface area (Å²) in [4.78, 5) is 24.6. The van der Waals surface area contributed by atoms with E-state index in [1.807, 2.05) is 0 Å². The van der Waals surface area contributed by atoms with Crippen molar-refractivity contribution in [1.29, 1.82) is 0 Å².